The lowest BCUT2D eigenvalue weighted by Crippen LogP contribution is -2.14. The predicted octanol–water partition coefficient (Wildman–Crippen LogP) is 14.4. The summed E-state index contributed by atoms with van der Waals surface area (Å²) in [6.45, 7) is 20.2. The van der Waals surface area contributed by atoms with Crippen molar-refractivity contribution in [2.45, 2.75) is 78.6 Å². The van der Waals surface area contributed by atoms with E-state index < -0.39 is 0 Å². The van der Waals surface area contributed by atoms with Gasteiger partial charge in [-0.25, -0.2) is 4.98 Å². The highest BCUT2D eigenvalue weighted by molar-refractivity contribution is 5.97. The molecule has 0 spiro atoms. The standard InChI is InChI=1S/C54H53N3O/c1-52(2,3)40-23-26-49(58)45(33-40)51-56-50-44(21-16-22-48(50)57(51)42-24-25-43(36-19-14-11-15-20-36)46(34-42)54(7,8)9)38-29-39(31-41(30-38)53(4,5)6)47-32-37(27-28-55-47)35-17-12-10-13-18-35/h10-34,58H,1-9H3. The Hall–Kier alpha value is -6.26. The van der Waals surface area contributed by atoms with Crippen molar-refractivity contribution in [2.24, 2.45) is 0 Å². The Morgan fingerprint density at radius 3 is 1.81 bits per heavy atom. The molecule has 2 aromatic heterocycles. The van der Waals surface area contributed by atoms with Gasteiger partial charge in [0.05, 0.1) is 22.3 Å². The molecule has 0 radical (unpaired) electrons. The Morgan fingerprint density at radius 2 is 1.14 bits per heavy atom. The van der Waals surface area contributed by atoms with E-state index in [9.17, 15) is 5.11 Å². The lowest BCUT2D eigenvalue weighted by atomic mass is 9.81. The fourth-order valence-electron chi connectivity index (χ4n) is 7.88. The topological polar surface area (TPSA) is 50.9 Å². The predicted molar refractivity (Wildman–Crippen MR) is 244 cm³/mol. The van der Waals surface area contributed by atoms with Gasteiger partial charge in [0, 0.05) is 23.0 Å². The molecule has 1 N–H and O–H groups in total. The van der Waals surface area contributed by atoms with Gasteiger partial charge in [0.15, 0.2) is 0 Å². The highest BCUT2D eigenvalue weighted by atomic mass is 16.3. The van der Waals surface area contributed by atoms with E-state index in [0.717, 1.165) is 55.8 Å². The molecule has 0 unspecified atom stereocenters. The number of phenolic OH excluding ortho intramolecular Hbond substituents is 1. The molecule has 290 valence electrons. The van der Waals surface area contributed by atoms with Crippen molar-refractivity contribution in [3.05, 3.63) is 168 Å². The molecular weight excluding hydrogens is 707 g/mol. The zero-order valence-electron chi connectivity index (χ0n) is 35.2. The first-order chi connectivity index (χ1) is 27.6. The molecule has 4 heteroatoms. The van der Waals surface area contributed by atoms with Gasteiger partial charge >= 0.3 is 0 Å². The number of fused-ring (bicyclic) bond motifs is 1. The summed E-state index contributed by atoms with van der Waals surface area (Å²) >= 11 is 0. The molecule has 0 atom stereocenters. The summed E-state index contributed by atoms with van der Waals surface area (Å²) in [6.07, 6.45) is 1.91. The van der Waals surface area contributed by atoms with Crippen LogP contribution in [0.1, 0.15) is 79.0 Å². The van der Waals surface area contributed by atoms with Gasteiger partial charge in [-0.1, -0.05) is 153 Å². The van der Waals surface area contributed by atoms with Gasteiger partial charge in [-0.15, -0.1) is 0 Å². The van der Waals surface area contributed by atoms with E-state index in [0.29, 0.717) is 11.4 Å². The lowest BCUT2D eigenvalue weighted by molar-refractivity contribution is 0.475. The van der Waals surface area contributed by atoms with Gasteiger partial charge in [0.25, 0.3) is 0 Å². The van der Waals surface area contributed by atoms with Gasteiger partial charge in [-0.05, 0) is 115 Å². The van der Waals surface area contributed by atoms with E-state index in [1.54, 1.807) is 0 Å². The van der Waals surface area contributed by atoms with Crippen LogP contribution in [0.2, 0.25) is 0 Å². The number of hydrogen-bond donors (Lipinski definition) is 1. The molecule has 0 bridgehead atoms. The maximum atomic E-state index is 11.6. The van der Waals surface area contributed by atoms with Crippen LogP contribution in [0.25, 0.3) is 72.7 Å². The zero-order chi connectivity index (χ0) is 41.0. The van der Waals surface area contributed by atoms with Crippen LogP contribution in [-0.2, 0) is 16.2 Å². The first-order valence-electron chi connectivity index (χ1n) is 20.3. The molecule has 2 heterocycles. The molecule has 0 aliphatic carbocycles. The molecule has 0 fully saturated rings. The number of imidazole rings is 1. The van der Waals surface area contributed by atoms with Crippen LogP contribution in [0.15, 0.2) is 152 Å². The summed E-state index contributed by atoms with van der Waals surface area (Å²) in [5, 5.41) is 11.6. The molecule has 6 aromatic carbocycles. The van der Waals surface area contributed by atoms with Crippen molar-refractivity contribution in [1.29, 1.82) is 0 Å². The molecule has 0 aliphatic rings. The Balaban J connectivity index is 1.40. The number of phenols is 1. The van der Waals surface area contributed by atoms with Crippen molar-refractivity contribution in [3.8, 4) is 67.5 Å². The van der Waals surface area contributed by atoms with Crippen LogP contribution >= 0.6 is 0 Å². The lowest BCUT2D eigenvalue weighted by Gasteiger charge is -2.25. The van der Waals surface area contributed by atoms with Gasteiger partial charge in [0.1, 0.15) is 11.6 Å². The molecular formula is C54H53N3O. The molecule has 0 aliphatic heterocycles. The maximum Gasteiger partial charge on any atom is 0.149 e. The van der Waals surface area contributed by atoms with E-state index in [4.69, 9.17) is 9.97 Å². The third kappa shape index (κ3) is 7.47. The quantitative estimate of drug-likeness (QED) is 0.184. The third-order valence-corrected chi connectivity index (χ3v) is 11.2. The van der Waals surface area contributed by atoms with Crippen molar-refractivity contribution in [2.75, 3.05) is 0 Å². The molecule has 0 amide bonds. The van der Waals surface area contributed by atoms with Crippen LogP contribution in [0.3, 0.4) is 0 Å². The second-order valence-electron chi connectivity index (χ2n) is 18.6. The highest BCUT2D eigenvalue weighted by Crippen LogP contribution is 2.43. The number of para-hydroxylation sites is 1. The number of rotatable bonds is 6. The summed E-state index contributed by atoms with van der Waals surface area (Å²) in [6, 6.07) is 51.3. The second-order valence-corrected chi connectivity index (χ2v) is 18.6. The van der Waals surface area contributed by atoms with E-state index >= 15 is 0 Å². The molecule has 58 heavy (non-hydrogen) atoms. The van der Waals surface area contributed by atoms with E-state index in [2.05, 4.69) is 194 Å². The van der Waals surface area contributed by atoms with Gasteiger partial charge in [-0.3, -0.25) is 9.55 Å². The molecule has 8 aromatic rings. The Labute approximate surface area is 343 Å². The fraction of sp³-hybridized carbons (Fsp3) is 0.222. The SMILES string of the molecule is CC(C)(C)c1cc(-c2cc(-c3ccccc3)ccn2)cc(-c2cccc3c2nc(-c2cc(C(C)(C)C)ccc2O)n3-c2ccc(-c3ccccc3)c(C(C)(C)C)c2)c1. The van der Waals surface area contributed by atoms with Crippen molar-refractivity contribution < 1.29 is 5.11 Å². The monoisotopic (exact) mass is 759 g/mol. The minimum atomic E-state index is -0.146. The first kappa shape index (κ1) is 38.6. The highest BCUT2D eigenvalue weighted by Gasteiger charge is 2.26. The summed E-state index contributed by atoms with van der Waals surface area (Å²) in [4.78, 5) is 10.4. The summed E-state index contributed by atoms with van der Waals surface area (Å²) in [5.74, 6) is 0.896. The maximum absolute atomic E-state index is 11.6. The fourth-order valence-corrected chi connectivity index (χ4v) is 7.88. The van der Waals surface area contributed by atoms with E-state index in [1.165, 1.54) is 22.3 Å². The smallest absolute Gasteiger partial charge is 0.149 e. The van der Waals surface area contributed by atoms with Gasteiger partial charge < -0.3 is 5.11 Å². The largest absolute Gasteiger partial charge is 0.507 e. The van der Waals surface area contributed by atoms with Crippen molar-refractivity contribution >= 4 is 11.0 Å². The zero-order valence-corrected chi connectivity index (χ0v) is 35.2. The molecule has 0 saturated carbocycles. The van der Waals surface area contributed by atoms with Gasteiger partial charge in [0.2, 0.25) is 0 Å². The average molecular weight is 760 g/mol. The Bertz CT molecular complexity index is 2770. The van der Waals surface area contributed by atoms with Crippen LogP contribution < -0.4 is 0 Å². The number of benzene rings is 6. The molecule has 8 rings (SSSR count). The van der Waals surface area contributed by atoms with Crippen LogP contribution in [0.4, 0.5) is 0 Å². The van der Waals surface area contributed by atoms with E-state index in [-0.39, 0.29) is 22.0 Å². The molecule has 0 saturated heterocycles. The number of aromatic nitrogens is 3. The third-order valence-electron chi connectivity index (χ3n) is 11.2. The van der Waals surface area contributed by atoms with Crippen molar-refractivity contribution in [1.82, 2.24) is 14.5 Å². The first-order valence-corrected chi connectivity index (χ1v) is 20.3. The van der Waals surface area contributed by atoms with Crippen molar-refractivity contribution in [3.63, 3.8) is 0 Å². The van der Waals surface area contributed by atoms with Crippen LogP contribution in [0, 0.1) is 0 Å². The second kappa shape index (κ2) is 14.6. The average Bonchev–Trinajstić information content (AvgIpc) is 3.60. The number of aromatic hydroxyl groups is 1. The number of nitrogens with zero attached hydrogens (tertiary/aromatic N) is 3. The minimum absolute atomic E-state index is 0.122. The molecule has 4 nitrogen and oxygen atoms in total. The van der Waals surface area contributed by atoms with Crippen LogP contribution in [-0.4, -0.2) is 19.6 Å². The Kier molecular flexibility index (Phi) is 9.72. The minimum Gasteiger partial charge on any atom is -0.507 e. The van der Waals surface area contributed by atoms with Gasteiger partial charge in [-0.2, -0.15) is 0 Å². The number of hydrogen-bond acceptors (Lipinski definition) is 3. The summed E-state index contributed by atoms with van der Waals surface area (Å²) < 4.78 is 2.24. The Morgan fingerprint density at radius 1 is 0.466 bits per heavy atom. The summed E-state index contributed by atoms with van der Waals surface area (Å²) in [7, 11) is 0. The summed E-state index contributed by atoms with van der Waals surface area (Å²) in [5.41, 5.74) is 15.4. The number of pyridine rings is 1. The van der Waals surface area contributed by atoms with E-state index in [1.807, 2.05) is 24.4 Å². The van der Waals surface area contributed by atoms with Crippen LogP contribution in [0.5, 0.6) is 5.75 Å². The normalized spacial score (nSPS) is 12.3.